The van der Waals surface area contributed by atoms with Crippen molar-refractivity contribution in [3.05, 3.63) is 23.9 Å². The Hall–Kier alpha value is -1.85. The zero-order valence-electron chi connectivity index (χ0n) is 7.68. The maximum absolute atomic E-state index is 12.3. The van der Waals surface area contributed by atoms with Crippen molar-refractivity contribution in [2.75, 3.05) is 0 Å². The molecule has 5 nitrogen and oxygen atoms in total. The molecule has 0 aliphatic heterocycles. The average Bonchev–Trinajstić information content (AvgIpc) is 2.80. The highest BCUT2D eigenvalue weighted by molar-refractivity contribution is 6.12. The SMILES string of the molecule is O=C(O)C(=C/C=C/NC1CC1F)C(=O)O. The van der Waals surface area contributed by atoms with Crippen LogP contribution in [0.4, 0.5) is 4.39 Å². The molecule has 0 heterocycles. The first-order valence-electron chi connectivity index (χ1n) is 4.26. The molecule has 1 aliphatic carbocycles. The van der Waals surface area contributed by atoms with E-state index in [9.17, 15) is 14.0 Å². The monoisotopic (exact) mass is 215 g/mol. The van der Waals surface area contributed by atoms with Gasteiger partial charge in [0.1, 0.15) is 11.7 Å². The molecule has 0 aromatic carbocycles. The third-order valence-electron chi connectivity index (χ3n) is 1.84. The molecule has 1 rings (SSSR count). The summed E-state index contributed by atoms with van der Waals surface area (Å²) in [5.74, 6) is -3.02. The largest absolute Gasteiger partial charge is 0.477 e. The van der Waals surface area contributed by atoms with Gasteiger partial charge in [-0.1, -0.05) is 0 Å². The van der Waals surface area contributed by atoms with Crippen molar-refractivity contribution in [1.29, 1.82) is 0 Å². The smallest absolute Gasteiger partial charge is 0.343 e. The summed E-state index contributed by atoms with van der Waals surface area (Å²) in [4.78, 5) is 20.7. The molecule has 0 aromatic heterocycles. The predicted octanol–water partition coefficient (Wildman–Crippen LogP) is 0.296. The van der Waals surface area contributed by atoms with Crippen LogP contribution < -0.4 is 5.32 Å². The van der Waals surface area contributed by atoms with E-state index in [0.29, 0.717) is 6.42 Å². The number of halogens is 1. The Balaban J connectivity index is 2.45. The van der Waals surface area contributed by atoms with Crippen molar-refractivity contribution in [3.8, 4) is 0 Å². The Morgan fingerprint density at radius 2 is 1.87 bits per heavy atom. The number of carboxylic acid groups (broad SMARTS) is 2. The quantitative estimate of drug-likeness (QED) is 0.265. The van der Waals surface area contributed by atoms with Gasteiger partial charge in [0.2, 0.25) is 0 Å². The number of alkyl halides is 1. The Morgan fingerprint density at radius 3 is 2.27 bits per heavy atom. The fourth-order valence-corrected chi connectivity index (χ4v) is 0.894. The summed E-state index contributed by atoms with van der Waals surface area (Å²) in [5, 5.41) is 19.5. The lowest BCUT2D eigenvalue weighted by Gasteiger charge is -1.93. The van der Waals surface area contributed by atoms with Gasteiger partial charge < -0.3 is 15.5 Å². The molecule has 15 heavy (non-hydrogen) atoms. The second kappa shape index (κ2) is 4.59. The molecule has 6 heteroatoms. The number of aliphatic carboxylic acids is 2. The van der Waals surface area contributed by atoms with E-state index in [4.69, 9.17) is 10.2 Å². The van der Waals surface area contributed by atoms with Crippen LogP contribution >= 0.6 is 0 Å². The first-order chi connectivity index (χ1) is 7.02. The lowest BCUT2D eigenvalue weighted by molar-refractivity contribution is -0.140. The van der Waals surface area contributed by atoms with Crippen LogP contribution in [0.25, 0.3) is 0 Å². The Morgan fingerprint density at radius 1 is 1.33 bits per heavy atom. The maximum Gasteiger partial charge on any atom is 0.343 e. The van der Waals surface area contributed by atoms with Crippen molar-refractivity contribution in [2.45, 2.75) is 18.6 Å². The highest BCUT2D eigenvalue weighted by Gasteiger charge is 2.36. The molecule has 1 saturated carbocycles. The molecular formula is C9H10FNO4. The van der Waals surface area contributed by atoms with Gasteiger partial charge in [-0.05, 0) is 18.4 Å². The summed E-state index contributed by atoms with van der Waals surface area (Å²) in [6.07, 6.45) is 3.06. The van der Waals surface area contributed by atoms with Crippen molar-refractivity contribution in [3.63, 3.8) is 0 Å². The van der Waals surface area contributed by atoms with Crippen LogP contribution in [-0.4, -0.2) is 34.4 Å². The number of allylic oxidation sites excluding steroid dienone is 2. The van der Waals surface area contributed by atoms with Gasteiger partial charge in [-0.3, -0.25) is 0 Å². The first kappa shape index (κ1) is 11.2. The van der Waals surface area contributed by atoms with E-state index in [1.54, 1.807) is 0 Å². The molecule has 1 aliphatic rings. The molecule has 2 unspecified atom stereocenters. The summed E-state index contributed by atoms with van der Waals surface area (Å²) in [7, 11) is 0. The summed E-state index contributed by atoms with van der Waals surface area (Å²) in [6.45, 7) is 0. The molecule has 2 atom stereocenters. The van der Waals surface area contributed by atoms with Gasteiger partial charge in [0, 0.05) is 6.42 Å². The fraction of sp³-hybridized carbons (Fsp3) is 0.333. The second-order valence-electron chi connectivity index (χ2n) is 3.07. The fourth-order valence-electron chi connectivity index (χ4n) is 0.894. The normalized spacial score (nSPS) is 23.5. The third-order valence-corrected chi connectivity index (χ3v) is 1.84. The Bertz CT molecular complexity index is 321. The summed E-state index contributed by atoms with van der Waals surface area (Å²) in [5.41, 5.74) is -0.736. The molecule has 3 N–H and O–H groups in total. The van der Waals surface area contributed by atoms with Crippen molar-refractivity contribution < 1.29 is 24.2 Å². The third kappa shape index (κ3) is 3.41. The summed E-state index contributed by atoms with van der Waals surface area (Å²) in [6, 6.07) is -0.229. The maximum atomic E-state index is 12.3. The molecular weight excluding hydrogens is 205 g/mol. The van der Waals surface area contributed by atoms with Gasteiger partial charge in [0.05, 0.1) is 6.04 Å². The highest BCUT2D eigenvalue weighted by Crippen LogP contribution is 2.24. The number of nitrogens with one attached hydrogen (secondary N) is 1. The van der Waals surface area contributed by atoms with Crippen molar-refractivity contribution in [1.82, 2.24) is 5.32 Å². The predicted molar refractivity (Wildman–Crippen MR) is 48.9 cm³/mol. The van der Waals surface area contributed by atoms with E-state index in [1.165, 1.54) is 12.3 Å². The minimum atomic E-state index is -1.51. The van der Waals surface area contributed by atoms with Gasteiger partial charge in [-0.25, -0.2) is 14.0 Å². The van der Waals surface area contributed by atoms with E-state index in [1.807, 2.05) is 0 Å². The lowest BCUT2D eigenvalue weighted by atomic mass is 10.2. The molecule has 0 spiro atoms. The minimum absolute atomic E-state index is 0.229. The number of carboxylic acids is 2. The van der Waals surface area contributed by atoms with Crippen LogP contribution in [0.1, 0.15) is 6.42 Å². The molecule has 0 saturated heterocycles. The van der Waals surface area contributed by atoms with Gasteiger partial charge in [-0.15, -0.1) is 0 Å². The topological polar surface area (TPSA) is 86.6 Å². The van der Waals surface area contributed by atoms with Crippen LogP contribution in [0.15, 0.2) is 23.9 Å². The van der Waals surface area contributed by atoms with Gasteiger partial charge >= 0.3 is 11.9 Å². The van der Waals surface area contributed by atoms with E-state index >= 15 is 0 Å². The van der Waals surface area contributed by atoms with E-state index in [-0.39, 0.29) is 6.04 Å². The molecule has 82 valence electrons. The van der Waals surface area contributed by atoms with E-state index in [0.717, 1.165) is 6.08 Å². The van der Waals surface area contributed by atoms with Crippen LogP contribution in [0.3, 0.4) is 0 Å². The molecule has 0 aromatic rings. The van der Waals surface area contributed by atoms with Gasteiger partial charge in [0.25, 0.3) is 0 Å². The molecule has 0 bridgehead atoms. The zero-order chi connectivity index (χ0) is 11.4. The average molecular weight is 215 g/mol. The van der Waals surface area contributed by atoms with E-state index in [2.05, 4.69) is 5.32 Å². The van der Waals surface area contributed by atoms with Crippen molar-refractivity contribution >= 4 is 11.9 Å². The molecule has 0 amide bonds. The summed E-state index contributed by atoms with van der Waals surface area (Å²) < 4.78 is 12.3. The molecule has 0 radical (unpaired) electrons. The van der Waals surface area contributed by atoms with Crippen LogP contribution in [0.2, 0.25) is 0 Å². The number of hydrogen-bond acceptors (Lipinski definition) is 3. The van der Waals surface area contributed by atoms with Crippen LogP contribution in [-0.2, 0) is 9.59 Å². The Labute approximate surface area is 84.9 Å². The number of hydrogen-bond donors (Lipinski definition) is 3. The minimum Gasteiger partial charge on any atom is -0.477 e. The molecule has 1 fully saturated rings. The summed E-state index contributed by atoms with van der Waals surface area (Å²) >= 11 is 0. The van der Waals surface area contributed by atoms with Crippen molar-refractivity contribution in [2.24, 2.45) is 0 Å². The Kier molecular flexibility index (Phi) is 3.43. The van der Waals surface area contributed by atoms with Crippen LogP contribution in [0, 0.1) is 0 Å². The first-order valence-corrected chi connectivity index (χ1v) is 4.26. The van der Waals surface area contributed by atoms with E-state index < -0.39 is 23.7 Å². The number of rotatable bonds is 5. The van der Waals surface area contributed by atoms with Gasteiger partial charge in [0.15, 0.2) is 0 Å². The van der Waals surface area contributed by atoms with Crippen LogP contribution in [0.5, 0.6) is 0 Å². The van der Waals surface area contributed by atoms with Gasteiger partial charge in [-0.2, -0.15) is 0 Å². The zero-order valence-corrected chi connectivity index (χ0v) is 7.68. The highest BCUT2D eigenvalue weighted by atomic mass is 19.1. The number of carbonyl (C=O) groups is 2. The standard InChI is InChI=1S/C9H10FNO4/c10-6-4-7(6)11-3-1-2-5(8(12)13)9(14)15/h1-3,6-7,11H,4H2,(H,12,13)(H,14,15)/b3-1+. The lowest BCUT2D eigenvalue weighted by Crippen LogP contribution is -2.12. The second-order valence-corrected chi connectivity index (χ2v) is 3.07.